The standard InChI is InChI=1S/C9H17N3O2.C2H6/c1-3-8(13)11-4-6-12(7-5-11)9(14)10-2;1-2/h3-7H2,1-2H3,(H,10,14);1-2H3. The van der Waals surface area contributed by atoms with Crippen LogP contribution in [0.15, 0.2) is 0 Å². The van der Waals surface area contributed by atoms with Crippen molar-refractivity contribution in [2.45, 2.75) is 27.2 Å². The zero-order valence-electron chi connectivity index (χ0n) is 10.7. The average molecular weight is 229 g/mol. The van der Waals surface area contributed by atoms with E-state index in [1.165, 1.54) is 0 Å². The highest BCUT2D eigenvalue weighted by atomic mass is 16.2. The molecule has 0 atom stereocenters. The first-order valence-corrected chi connectivity index (χ1v) is 5.93. The van der Waals surface area contributed by atoms with Gasteiger partial charge in [-0.3, -0.25) is 4.79 Å². The predicted molar refractivity (Wildman–Crippen MR) is 64.2 cm³/mol. The van der Waals surface area contributed by atoms with Crippen LogP contribution in [0.25, 0.3) is 0 Å². The van der Waals surface area contributed by atoms with Crippen LogP contribution in [0, 0.1) is 0 Å². The molecule has 0 aromatic heterocycles. The SMILES string of the molecule is CC.CCC(=O)N1CCN(C(=O)NC)CC1. The molecule has 1 heterocycles. The van der Waals surface area contributed by atoms with E-state index in [-0.39, 0.29) is 11.9 Å². The summed E-state index contributed by atoms with van der Waals surface area (Å²) in [7, 11) is 1.62. The van der Waals surface area contributed by atoms with Crippen molar-refractivity contribution in [3.8, 4) is 0 Å². The Labute approximate surface area is 97.8 Å². The number of amides is 3. The molecule has 0 bridgehead atoms. The highest BCUT2D eigenvalue weighted by Gasteiger charge is 2.22. The Bertz CT molecular complexity index is 199. The minimum absolute atomic E-state index is 0.0615. The van der Waals surface area contributed by atoms with Crippen LogP contribution >= 0.6 is 0 Å². The highest BCUT2D eigenvalue weighted by molar-refractivity contribution is 5.77. The summed E-state index contributed by atoms with van der Waals surface area (Å²) < 4.78 is 0. The van der Waals surface area contributed by atoms with Crippen LogP contribution in [-0.4, -0.2) is 55.0 Å². The maximum absolute atomic E-state index is 11.3. The van der Waals surface area contributed by atoms with Gasteiger partial charge in [0.2, 0.25) is 5.91 Å². The van der Waals surface area contributed by atoms with E-state index in [2.05, 4.69) is 5.32 Å². The molecular weight excluding hydrogens is 206 g/mol. The van der Waals surface area contributed by atoms with E-state index in [1.54, 1.807) is 16.8 Å². The third-order valence-corrected chi connectivity index (χ3v) is 2.44. The van der Waals surface area contributed by atoms with Gasteiger partial charge in [-0.1, -0.05) is 20.8 Å². The minimum atomic E-state index is -0.0615. The zero-order chi connectivity index (χ0) is 12.6. The molecule has 1 rings (SSSR count). The minimum Gasteiger partial charge on any atom is -0.341 e. The Morgan fingerprint density at radius 1 is 1.06 bits per heavy atom. The molecule has 0 unspecified atom stereocenters. The van der Waals surface area contributed by atoms with E-state index < -0.39 is 0 Å². The van der Waals surface area contributed by atoms with Crippen molar-refractivity contribution in [3.63, 3.8) is 0 Å². The topological polar surface area (TPSA) is 52.7 Å². The molecular formula is C11H23N3O2. The second kappa shape index (κ2) is 7.96. The Hall–Kier alpha value is -1.26. The second-order valence-corrected chi connectivity index (χ2v) is 3.28. The van der Waals surface area contributed by atoms with Crippen LogP contribution in [-0.2, 0) is 4.79 Å². The summed E-state index contributed by atoms with van der Waals surface area (Å²) in [6, 6.07) is -0.0615. The lowest BCUT2D eigenvalue weighted by molar-refractivity contribution is -0.132. The van der Waals surface area contributed by atoms with E-state index in [0.29, 0.717) is 32.6 Å². The van der Waals surface area contributed by atoms with E-state index in [4.69, 9.17) is 0 Å². The lowest BCUT2D eigenvalue weighted by Crippen LogP contribution is -2.52. The first kappa shape index (κ1) is 14.7. The molecule has 1 fully saturated rings. The third kappa shape index (κ3) is 4.08. The van der Waals surface area contributed by atoms with Crippen molar-refractivity contribution < 1.29 is 9.59 Å². The lowest BCUT2D eigenvalue weighted by Gasteiger charge is -2.34. The van der Waals surface area contributed by atoms with Crippen LogP contribution in [0.3, 0.4) is 0 Å². The van der Waals surface area contributed by atoms with E-state index in [9.17, 15) is 9.59 Å². The molecule has 1 saturated heterocycles. The van der Waals surface area contributed by atoms with Crippen LogP contribution in [0.4, 0.5) is 4.79 Å². The molecule has 1 N–H and O–H groups in total. The number of rotatable bonds is 1. The number of piperazine rings is 1. The number of carbonyl (C=O) groups is 2. The van der Waals surface area contributed by atoms with Gasteiger partial charge in [-0.2, -0.15) is 0 Å². The maximum atomic E-state index is 11.3. The summed E-state index contributed by atoms with van der Waals surface area (Å²) in [6.07, 6.45) is 0.542. The van der Waals surface area contributed by atoms with Gasteiger partial charge >= 0.3 is 6.03 Å². The molecule has 0 aliphatic carbocycles. The van der Waals surface area contributed by atoms with Crippen molar-refractivity contribution in [3.05, 3.63) is 0 Å². The number of nitrogens with zero attached hydrogens (tertiary/aromatic N) is 2. The molecule has 0 saturated carbocycles. The van der Waals surface area contributed by atoms with Crippen LogP contribution in [0.5, 0.6) is 0 Å². The number of hydrogen-bond acceptors (Lipinski definition) is 2. The molecule has 1 aliphatic rings. The number of nitrogens with one attached hydrogen (secondary N) is 1. The molecule has 0 radical (unpaired) electrons. The van der Waals surface area contributed by atoms with E-state index in [0.717, 1.165) is 0 Å². The Morgan fingerprint density at radius 2 is 1.50 bits per heavy atom. The fraction of sp³-hybridized carbons (Fsp3) is 0.818. The largest absolute Gasteiger partial charge is 0.341 e. The number of carbonyl (C=O) groups excluding carboxylic acids is 2. The van der Waals surface area contributed by atoms with Gasteiger partial charge < -0.3 is 15.1 Å². The van der Waals surface area contributed by atoms with Crippen LogP contribution < -0.4 is 5.32 Å². The summed E-state index contributed by atoms with van der Waals surface area (Å²) in [6.45, 7) is 8.42. The predicted octanol–water partition coefficient (Wildman–Crippen LogP) is 0.906. The fourth-order valence-corrected chi connectivity index (χ4v) is 1.54. The molecule has 5 heteroatoms. The third-order valence-electron chi connectivity index (χ3n) is 2.44. The lowest BCUT2D eigenvalue weighted by atomic mass is 10.3. The monoisotopic (exact) mass is 229 g/mol. The molecule has 0 aromatic carbocycles. The van der Waals surface area contributed by atoms with Gasteiger partial charge in [0.05, 0.1) is 0 Å². The van der Waals surface area contributed by atoms with Gasteiger partial charge in [0, 0.05) is 39.6 Å². The molecule has 5 nitrogen and oxygen atoms in total. The smallest absolute Gasteiger partial charge is 0.317 e. The molecule has 16 heavy (non-hydrogen) atoms. The summed E-state index contributed by atoms with van der Waals surface area (Å²) in [4.78, 5) is 26.1. The maximum Gasteiger partial charge on any atom is 0.317 e. The second-order valence-electron chi connectivity index (χ2n) is 3.28. The van der Waals surface area contributed by atoms with E-state index in [1.807, 2.05) is 20.8 Å². The van der Waals surface area contributed by atoms with Crippen molar-refractivity contribution in [1.82, 2.24) is 15.1 Å². The first-order chi connectivity index (χ1) is 7.69. The Kier molecular flexibility index (Phi) is 7.33. The normalized spacial score (nSPS) is 15.0. The summed E-state index contributed by atoms with van der Waals surface area (Å²) in [5, 5.41) is 2.58. The van der Waals surface area contributed by atoms with Gasteiger partial charge in [0.15, 0.2) is 0 Å². The first-order valence-electron chi connectivity index (χ1n) is 5.93. The molecule has 0 aromatic rings. The van der Waals surface area contributed by atoms with Gasteiger partial charge in [-0.05, 0) is 0 Å². The van der Waals surface area contributed by atoms with Crippen molar-refractivity contribution >= 4 is 11.9 Å². The highest BCUT2D eigenvalue weighted by Crippen LogP contribution is 2.03. The Morgan fingerprint density at radius 3 is 1.88 bits per heavy atom. The molecule has 0 spiro atoms. The number of hydrogen-bond donors (Lipinski definition) is 1. The van der Waals surface area contributed by atoms with E-state index >= 15 is 0 Å². The van der Waals surface area contributed by atoms with Crippen molar-refractivity contribution in [2.24, 2.45) is 0 Å². The fourth-order valence-electron chi connectivity index (χ4n) is 1.54. The molecule has 94 valence electrons. The summed E-state index contributed by atoms with van der Waals surface area (Å²) in [5.41, 5.74) is 0. The molecule has 1 aliphatic heterocycles. The summed E-state index contributed by atoms with van der Waals surface area (Å²) in [5.74, 6) is 0.168. The van der Waals surface area contributed by atoms with Gasteiger partial charge in [0.25, 0.3) is 0 Å². The Balaban J connectivity index is 0.00000106. The van der Waals surface area contributed by atoms with Crippen LogP contribution in [0.1, 0.15) is 27.2 Å². The number of urea groups is 1. The van der Waals surface area contributed by atoms with Gasteiger partial charge in [0.1, 0.15) is 0 Å². The molecule has 3 amide bonds. The van der Waals surface area contributed by atoms with Crippen molar-refractivity contribution in [1.29, 1.82) is 0 Å². The quantitative estimate of drug-likeness (QED) is 0.726. The van der Waals surface area contributed by atoms with Crippen LogP contribution in [0.2, 0.25) is 0 Å². The van der Waals surface area contributed by atoms with Gasteiger partial charge in [-0.15, -0.1) is 0 Å². The zero-order valence-corrected chi connectivity index (χ0v) is 10.7. The van der Waals surface area contributed by atoms with Gasteiger partial charge in [-0.25, -0.2) is 4.79 Å². The van der Waals surface area contributed by atoms with Crippen molar-refractivity contribution in [2.75, 3.05) is 33.2 Å². The average Bonchev–Trinajstić information content (AvgIpc) is 2.39. The summed E-state index contributed by atoms with van der Waals surface area (Å²) >= 11 is 0.